The molecule has 0 aliphatic heterocycles. The number of nitrogens with two attached hydrogens (primary N) is 1. The van der Waals surface area contributed by atoms with E-state index in [9.17, 15) is 4.79 Å². The topological polar surface area (TPSA) is 68.0 Å². The molecule has 0 spiro atoms. The van der Waals surface area contributed by atoms with Crippen molar-refractivity contribution in [1.29, 1.82) is 0 Å². The van der Waals surface area contributed by atoms with Crippen molar-refractivity contribution in [3.8, 4) is 0 Å². The second-order valence-corrected chi connectivity index (χ2v) is 5.30. The fourth-order valence-corrected chi connectivity index (χ4v) is 1.56. The molecule has 134 valence electrons. The van der Waals surface area contributed by atoms with Gasteiger partial charge in [0.15, 0.2) is 0 Å². The van der Waals surface area contributed by atoms with Crippen LogP contribution in [0.15, 0.2) is 0 Å². The van der Waals surface area contributed by atoms with Gasteiger partial charge in [0.2, 0.25) is 5.91 Å². The number of carbonyl (C=O) groups is 1. The normalized spacial score (nSPS) is 10.7. The lowest BCUT2D eigenvalue weighted by Gasteiger charge is -2.19. The van der Waals surface area contributed by atoms with Crippen LogP contribution in [0.3, 0.4) is 0 Å². The van der Waals surface area contributed by atoms with Gasteiger partial charge in [-0.2, -0.15) is 0 Å². The van der Waals surface area contributed by atoms with E-state index in [1.165, 1.54) is 0 Å². The van der Waals surface area contributed by atoms with Crippen LogP contribution in [0, 0.1) is 0 Å². The van der Waals surface area contributed by atoms with E-state index in [1.807, 2.05) is 13.8 Å². The molecule has 22 heavy (non-hydrogen) atoms. The first-order chi connectivity index (χ1) is 10.5. The van der Waals surface area contributed by atoms with Crippen LogP contribution in [-0.4, -0.2) is 82.9 Å². The Hall–Kier alpha value is -0.690. The first-order valence-corrected chi connectivity index (χ1v) is 8.29. The summed E-state index contributed by atoms with van der Waals surface area (Å²) in [6.07, 6.45) is 3.02. The predicted octanol–water partition coefficient (Wildman–Crippen LogP) is 1.19. The third-order valence-corrected chi connectivity index (χ3v) is 2.87. The molecule has 0 aromatic heterocycles. The van der Waals surface area contributed by atoms with E-state index in [0.29, 0.717) is 6.61 Å². The third-order valence-electron chi connectivity index (χ3n) is 2.87. The molecule has 0 radical (unpaired) electrons. The summed E-state index contributed by atoms with van der Waals surface area (Å²) in [6.45, 7) is 9.29. The number of carbonyl (C=O) groups excluding carboxylic acids is 1. The van der Waals surface area contributed by atoms with Gasteiger partial charge in [-0.3, -0.25) is 4.79 Å². The lowest BCUT2D eigenvalue weighted by molar-refractivity contribution is -0.122. The highest BCUT2D eigenvalue weighted by Gasteiger charge is 1.99. The number of unbranched alkanes of at least 4 members (excludes halogenated alkanes) is 2. The number of ether oxygens (including phenoxy) is 2. The zero-order valence-electron chi connectivity index (χ0n) is 15.3. The van der Waals surface area contributed by atoms with Crippen molar-refractivity contribution in [3.63, 3.8) is 0 Å². The van der Waals surface area contributed by atoms with Gasteiger partial charge in [0.1, 0.15) is 6.61 Å². The average molecular weight is 319 g/mol. The van der Waals surface area contributed by atoms with Crippen molar-refractivity contribution in [3.05, 3.63) is 0 Å². The van der Waals surface area contributed by atoms with Gasteiger partial charge in [0, 0.05) is 32.8 Å². The average Bonchev–Trinajstić information content (AvgIpc) is 2.48. The van der Waals surface area contributed by atoms with E-state index >= 15 is 0 Å². The van der Waals surface area contributed by atoms with Crippen molar-refractivity contribution >= 4 is 5.91 Å². The third kappa shape index (κ3) is 21.6. The number of nitrogens with zero attached hydrogens (tertiary/aromatic N) is 2. The van der Waals surface area contributed by atoms with Crippen LogP contribution in [0.25, 0.3) is 0 Å². The first-order valence-electron chi connectivity index (χ1n) is 8.29. The van der Waals surface area contributed by atoms with Crippen molar-refractivity contribution in [2.45, 2.75) is 33.1 Å². The van der Waals surface area contributed by atoms with Crippen molar-refractivity contribution in [1.82, 2.24) is 9.80 Å². The van der Waals surface area contributed by atoms with Gasteiger partial charge in [0.05, 0.1) is 6.61 Å². The van der Waals surface area contributed by atoms with E-state index in [-0.39, 0.29) is 6.61 Å². The molecule has 0 aromatic carbocycles. The van der Waals surface area contributed by atoms with Crippen LogP contribution in [-0.2, 0) is 14.3 Å². The number of primary amides is 1. The molecule has 0 saturated heterocycles. The Morgan fingerprint density at radius 1 is 0.864 bits per heavy atom. The Balaban J connectivity index is 0. The highest BCUT2D eigenvalue weighted by molar-refractivity contribution is 5.74. The molecule has 0 heterocycles. The van der Waals surface area contributed by atoms with E-state index in [0.717, 1.165) is 52.1 Å². The van der Waals surface area contributed by atoms with E-state index in [4.69, 9.17) is 15.2 Å². The van der Waals surface area contributed by atoms with Crippen LogP contribution < -0.4 is 5.73 Å². The van der Waals surface area contributed by atoms with E-state index in [2.05, 4.69) is 30.9 Å². The van der Waals surface area contributed by atoms with Crippen molar-refractivity contribution < 1.29 is 14.3 Å². The Morgan fingerprint density at radius 3 is 2.00 bits per heavy atom. The number of rotatable bonds is 14. The second-order valence-electron chi connectivity index (χ2n) is 5.30. The lowest BCUT2D eigenvalue weighted by Crippen LogP contribution is -2.31. The van der Waals surface area contributed by atoms with Crippen LogP contribution in [0.5, 0.6) is 0 Å². The Morgan fingerprint density at radius 2 is 1.45 bits per heavy atom. The summed E-state index contributed by atoms with van der Waals surface area (Å²) in [5, 5.41) is 0. The molecular weight excluding hydrogens is 282 g/mol. The monoisotopic (exact) mass is 319 g/mol. The summed E-state index contributed by atoms with van der Waals surface area (Å²) < 4.78 is 10.7. The Bertz CT molecular complexity index is 239. The van der Waals surface area contributed by atoms with Gasteiger partial charge in [-0.15, -0.1) is 0 Å². The molecule has 1 amide bonds. The minimum atomic E-state index is -0.410. The molecule has 0 unspecified atom stereocenters. The fourth-order valence-electron chi connectivity index (χ4n) is 1.56. The summed E-state index contributed by atoms with van der Waals surface area (Å²) in [7, 11) is 6.28. The molecule has 0 aliphatic carbocycles. The maximum Gasteiger partial charge on any atom is 0.243 e. The SMILES string of the molecule is CC.CN(C)CCN(C)CCOCCCCCOCC(N)=O. The summed E-state index contributed by atoms with van der Waals surface area (Å²) >= 11 is 0. The number of hydrogen-bond acceptors (Lipinski definition) is 5. The molecule has 0 fully saturated rings. The van der Waals surface area contributed by atoms with Gasteiger partial charge in [0.25, 0.3) is 0 Å². The Kier molecular flexibility index (Phi) is 19.7. The predicted molar refractivity (Wildman–Crippen MR) is 92.1 cm³/mol. The standard InChI is InChI=1S/C14H31N3O3.C2H6/c1-16(2)7-8-17(3)9-12-19-10-5-4-6-11-20-13-14(15)18;1-2/h4-13H2,1-3H3,(H2,15,18);1-2H3. The maximum atomic E-state index is 10.4. The largest absolute Gasteiger partial charge is 0.380 e. The fraction of sp³-hybridized carbons (Fsp3) is 0.938. The molecule has 6 heteroatoms. The molecule has 0 rings (SSSR count). The van der Waals surface area contributed by atoms with Gasteiger partial charge in [-0.05, 0) is 40.4 Å². The smallest absolute Gasteiger partial charge is 0.243 e. The van der Waals surface area contributed by atoms with Gasteiger partial charge < -0.3 is 25.0 Å². The summed E-state index contributed by atoms with van der Waals surface area (Å²) in [4.78, 5) is 14.9. The Labute approximate surface area is 136 Å². The summed E-state index contributed by atoms with van der Waals surface area (Å²) in [5.41, 5.74) is 4.96. The number of likely N-dealkylation sites (N-methyl/N-ethyl adjacent to an activating group) is 2. The van der Waals surface area contributed by atoms with E-state index < -0.39 is 5.91 Å². The van der Waals surface area contributed by atoms with Crippen LogP contribution in [0.2, 0.25) is 0 Å². The lowest BCUT2D eigenvalue weighted by atomic mass is 10.2. The van der Waals surface area contributed by atoms with Crippen LogP contribution >= 0.6 is 0 Å². The highest BCUT2D eigenvalue weighted by Crippen LogP contribution is 1.97. The number of amides is 1. The van der Waals surface area contributed by atoms with Gasteiger partial charge in [-0.1, -0.05) is 13.8 Å². The zero-order valence-corrected chi connectivity index (χ0v) is 15.3. The molecule has 0 atom stereocenters. The van der Waals surface area contributed by atoms with Crippen LogP contribution in [0.1, 0.15) is 33.1 Å². The minimum absolute atomic E-state index is 0.0236. The molecule has 0 aromatic rings. The van der Waals surface area contributed by atoms with Crippen LogP contribution in [0.4, 0.5) is 0 Å². The van der Waals surface area contributed by atoms with E-state index in [1.54, 1.807) is 0 Å². The zero-order chi connectivity index (χ0) is 17.2. The van der Waals surface area contributed by atoms with Gasteiger partial charge >= 0.3 is 0 Å². The first kappa shape index (κ1) is 23.6. The highest BCUT2D eigenvalue weighted by atomic mass is 16.5. The van der Waals surface area contributed by atoms with Crippen molar-refractivity contribution in [2.24, 2.45) is 5.73 Å². The molecule has 6 nitrogen and oxygen atoms in total. The minimum Gasteiger partial charge on any atom is -0.380 e. The summed E-state index contributed by atoms with van der Waals surface area (Å²) in [5.74, 6) is -0.410. The van der Waals surface area contributed by atoms with Gasteiger partial charge in [-0.25, -0.2) is 0 Å². The summed E-state index contributed by atoms with van der Waals surface area (Å²) in [6, 6.07) is 0. The molecule has 2 N–H and O–H groups in total. The molecule has 0 bridgehead atoms. The molecular formula is C16H37N3O3. The van der Waals surface area contributed by atoms with Crippen molar-refractivity contribution in [2.75, 3.05) is 67.2 Å². The quantitative estimate of drug-likeness (QED) is 0.487. The maximum absolute atomic E-state index is 10.4. The molecule has 0 aliphatic rings. The number of hydrogen-bond donors (Lipinski definition) is 1. The molecule has 0 saturated carbocycles. The second kappa shape index (κ2) is 18.4.